The number of nitrogens with one attached hydrogen (secondary N) is 2. The Morgan fingerprint density at radius 1 is 1.08 bits per heavy atom. The topological polar surface area (TPSA) is 89.2 Å². The van der Waals surface area contributed by atoms with Crippen LogP contribution in [0.4, 0.5) is 0 Å². The highest BCUT2D eigenvalue weighted by Gasteiger charge is 2.14. The number of carbonyl (C=O) groups is 2. The van der Waals surface area contributed by atoms with E-state index in [9.17, 15) is 9.59 Å². The van der Waals surface area contributed by atoms with Crippen molar-refractivity contribution in [3.8, 4) is 5.69 Å². The summed E-state index contributed by atoms with van der Waals surface area (Å²) in [5.41, 5.74) is 3.75. The zero-order valence-electron chi connectivity index (χ0n) is 14.7. The van der Waals surface area contributed by atoms with Crippen LogP contribution in [0.3, 0.4) is 0 Å². The molecule has 0 fully saturated rings. The van der Waals surface area contributed by atoms with Gasteiger partial charge in [0.05, 0.1) is 24.2 Å². The second-order valence-corrected chi connectivity index (χ2v) is 5.83. The van der Waals surface area contributed by atoms with E-state index in [1.807, 2.05) is 48.9 Å². The third-order valence-corrected chi connectivity index (χ3v) is 4.06. The molecule has 26 heavy (non-hydrogen) atoms. The lowest BCUT2D eigenvalue weighted by molar-refractivity contribution is -0.120. The smallest absolute Gasteiger partial charge is 0.287 e. The number of para-hydroxylation sites is 1. The number of carbonyl (C=O) groups excluding carboxylic acids is 2. The van der Waals surface area contributed by atoms with Crippen molar-refractivity contribution >= 4 is 11.8 Å². The molecule has 0 aliphatic rings. The van der Waals surface area contributed by atoms with Gasteiger partial charge in [-0.25, -0.2) is 4.68 Å². The van der Waals surface area contributed by atoms with Crippen LogP contribution in [-0.4, -0.2) is 28.1 Å². The van der Waals surface area contributed by atoms with Gasteiger partial charge in [0.25, 0.3) is 5.91 Å². The molecular weight excluding hydrogens is 332 g/mol. The Balaban J connectivity index is 1.58. The van der Waals surface area contributed by atoms with Crippen LogP contribution in [0.1, 0.15) is 27.5 Å². The van der Waals surface area contributed by atoms with Crippen molar-refractivity contribution in [1.29, 1.82) is 0 Å². The van der Waals surface area contributed by atoms with E-state index >= 15 is 0 Å². The Morgan fingerprint density at radius 2 is 1.85 bits per heavy atom. The van der Waals surface area contributed by atoms with Crippen molar-refractivity contribution in [2.24, 2.45) is 0 Å². The van der Waals surface area contributed by atoms with Crippen LogP contribution in [0, 0.1) is 13.8 Å². The molecule has 1 aromatic carbocycles. The minimum absolute atomic E-state index is 0.121. The molecular formula is C19H20N4O3. The molecule has 0 saturated carbocycles. The maximum atomic E-state index is 12.0. The van der Waals surface area contributed by atoms with Crippen molar-refractivity contribution in [2.75, 3.05) is 6.54 Å². The minimum Gasteiger partial charge on any atom is -0.459 e. The van der Waals surface area contributed by atoms with Crippen LogP contribution in [0.15, 0.2) is 53.1 Å². The third kappa shape index (κ3) is 3.83. The number of hydrogen-bond donors (Lipinski definition) is 2. The fraction of sp³-hybridized carbons (Fsp3) is 0.211. The molecule has 0 spiro atoms. The van der Waals surface area contributed by atoms with E-state index < -0.39 is 5.91 Å². The van der Waals surface area contributed by atoms with Crippen LogP contribution in [0.25, 0.3) is 5.69 Å². The van der Waals surface area contributed by atoms with E-state index in [0.717, 1.165) is 22.6 Å². The number of nitrogens with zero attached hydrogens (tertiary/aromatic N) is 2. The van der Waals surface area contributed by atoms with Crippen molar-refractivity contribution in [1.82, 2.24) is 20.4 Å². The maximum absolute atomic E-state index is 12.0. The predicted octanol–water partition coefficient (Wildman–Crippen LogP) is 2.13. The Bertz CT molecular complexity index is 899. The van der Waals surface area contributed by atoms with Gasteiger partial charge in [-0.3, -0.25) is 9.59 Å². The molecule has 7 nitrogen and oxygen atoms in total. The predicted molar refractivity (Wildman–Crippen MR) is 95.9 cm³/mol. The highest BCUT2D eigenvalue weighted by atomic mass is 16.3. The van der Waals surface area contributed by atoms with Crippen LogP contribution < -0.4 is 10.6 Å². The average Bonchev–Trinajstić information content (AvgIpc) is 3.28. The van der Waals surface area contributed by atoms with Crippen LogP contribution in [0.5, 0.6) is 0 Å². The Kier molecular flexibility index (Phi) is 5.17. The third-order valence-electron chi connectivity index (χ3n) is 4.06. The highest BCUT2D eigenvalue weighted by molar-refractivity contribution is 5.94. The SMILES string of the molecule is Cc1nn(-c2ccccc2)c(C)c1CNC(=O)CNC(=O)c1ccco1. The molecule has 134 valence electrons. The lowest BCUT2D eigenvalue weighted by Crippen LogP contribution is -2.36. The molecule has 0 bridgehead atoms. The first-order chi connectivity index (χ1) is 12.6. The van der Waals surface area contributed by atoms with E-state index in [1.165, 1.54) is 12.3 Å². The minimum atomic E-state index is -0.422. The zero-order chi connectivity index (χ0) is 18.5. The molecule has 7 heteroatoms. The quantitative estimate of drug-likeness (QED) is 0.711. The molecule has 0 aliphatic heterocycles. The van der Waals surface area contributed by atoms with Crippen molar-refractivity contribution in [3.63, 3.8) is 0 Å². The Morgan fingerprint density at radius 3 is 2.54 bits per heavy atom. The summed E-state index contributed by atoms with van der Waals surface area (Å²) in [6, 6.07) is 13.0. The summed E-state index contributed by atoms with van der Waals surface area (Å²) in [6.45, 7) is 4.10. The molecule has 0 aliphatic carbocycles. The maximum Gasteiger partial charge on any atom is 0.287 e. The summed E-state index contributed by atoms with van der Waals surface area (Å²) in [7, 11) is 0. The van der Waals surface area contributed by atoms with Crippen molar-refractivity contribution < 1.29 is 14.0 Å². The summed E-state index contributed by atoms with van der Waals surface area (Å²) in [5, 5.41) is 9.87. The molecule has 3 aromatic rings. The second kappa shape index (κ2) is 7.69. The van der Waals surface area contributed by atoms with Gasteiger partial charge in [0, 0.05) is 17.8 Å². The normalized spacial score (nSPS) is 10.5. The van der Waals surface area contributed by atoms with Gasteiger partial charge in [-0.15, -0.1) is 0 Å². The fourth-order valence-corrected chi connectivity index (χ4v) is 2.66. The summed E-state index contributed by atoms with van der Waals surface area (Å²) < 4.78 is 6.84. The zero-order valence-corrected chi connectivity index (χ0v) is 14.7. The van der Waals surface area contributed by atoms with Gasteiger partial charge in [0.1, 0.15) is 0 Å². The molecule has 0 radical (unpaired) electrons. The van der Waals surface area contributed by atoms with Gasteiger partial charge < -0.3 is 15.1 Å². The number of furan rings is 1. The van der Waals surface area contributed by atoms with Gasteiger partial charge in [0.2, 0.25) is 5.91 Å². The summed E-state index contributed by atoms with van der Waals surface area (Å²) >= 11 is 0. The molecule has 2 aromatic heterocycles. The number of benzene rings is 1. The van der Waals surface area contributed by atoms with E-state index in [1.54, 1.807) is 6.07 Å². The number of aryl methyl sites for hydroxylation is 1. The molecule has 2 N–H and O–H groups in total. The van der Waals surface area contributed by atoms with Gasteiger partial charge in [-0.2, -0.15) is 5.10 Å². The first-order valence-electron chi connectivity index (χ1n) is 8.25. The summed E-state index contributed by atoms with van der Waals surface area (Å²) in [5.74, 6) is -0.529. The van der Waals surface area contributed by atoms with Gasteiger partial charge >= 0.3 is 0 Å². The molecule has 0 saturated heterocycles. The van der Waals surface area contributed by atoms with Gasteiger partial charge in [0.15, 0.2) is 5.76 Å². The number of rotatable bonds is 6. The van der Waals surface area contributed by atoms with E-state index in [0.29, 0.717) is 6.54 Å². The highest BCUT2D eigenvalue weighted by Crippen LogP contribution is 2.17. The second-order valence-electron chi connectivity index (χ2n) is 5.83. The van der Waals surface area contributed by atoms with E-state index in [2.05, 4.69) is 15.7 Å². The van der Waals surface area contributed by atoms with E-state index in [-0.39, 0.29) is 18.2 Å². The standard InChI is InChI=1S/C19H20N4O3/c1-13-16(14(2)23(22-13)15-7-4-3-5-8-15)11-20-18(24)12-21-19(25)17-9-6-10-26-17/h3-10H,11-12H2,1-2H3,(H,20,24)(H,21,25). The fourth-order valence-electron chi connectivity index (χ4n) is 2.66. The van der Waals surface area contributed by atoms with Crippen LogP contribution >= 0.6 is 0 Å². The van der Waals surface area contributed by atoms with Crippen LogP contribution in [0.2, 0.25) is 0 Å². The monoisotopic (exact) mass is 352 g/mol. The lowest BCUT2D eigenvalue weighted by Gasteiger charge is -2.08. The van der Waals surface area contributed by atoms with E-state index in [4.69, 9.17) is 4.42 Å². The summed E-state index contributed by atoms with van der Waals surface area (Å²) in [6.07, 6.45) is 1.41. The molecule has 2 amide bonds. The van der Waals surface area contributed by atoms with Gasteiger partial charge in [-0.05, 0) is 38.1 Å². The first-order valence-corrected chi connectivity index (χ1v) is 8.25. The van der Waals surface area contributed by atoms with Gasteiger partial charge in [-0.1, -0.05) is 18.2 Å². The van der Waals surface area contributed by atoms with Crippen LogP contribution in [-0.2, 0) is 11.3 Å². The summed E-state index contributed by atoms with van der Waals surface area (Å²) in [4.78, 5) is 23.8. The molecule has 0 unspecified atom stereocenters. The largest absolute Gasteiger partial charge is 0.459 e. The number of hydrogen-bond acceptors (Lipinski definition) is 4. The Labute approximate surface area is 151 Å². The number of aromatic nitrogens is 2. The van der Waals surface area contributed by atoms with Crippen molar-refractivity contribution in [3.05, 3.63) is 71.4 Å². The van der Waals surface area contributed by atoms with Crippen molar-refractivity contribution in [2.45, 2.75) is 20.4 Å². The Hall–Kier alpha value is -3.35. The first kappa shape index (κ1) is 17.5. The lowest BCUT2D eigenvalue weighted by atomic mass is 10.2. The molecule has 3 rings (SSSR count). The molecule has 2 heterocycles. The molecule has 0 atom stereocenters. The number of amides is 2. The average molecular weight is 352 g/mol.